The Labute approximate surface area is 165 Å². The summed E-state index contributed by atoms with van der Waals surface area (Å²) in [5.74, 6) is 0.445. The number of unbranched alkanes of at least 4 members (excludes halogenated alkanes) is 1. The Morgan fingerprint density at radius 3 is 2.79 bits per heavy atom. The molecule has 0 bridgehead atoms. The molecule has 8 heteroatoms. The van der Waals surface area contributed by atoms with Crippen LogP contribution in [0.1, 0.15) is 32.3 Å². The average Bonchev–Trinajstić information content (AvgIpc) is 2.63. The molecule has 1 heterocycles. The minimum Gasteiger partial charge on any atom is -0.492 e. The molecule has 0 aliphatic carbocycles. The number of halogens is 2. The summed E-state index contributed by atoms with van der Waals surface area (Å²) in [5, 5.41) is 0. The van der Waals surface area contributed by atoms with Crippen LogP contribution in [0.15, 0.2) is 18.2 Å². The standard InChI is InChI=1S/C20H31F2N3O3/c1-3-4-10-28-20(26)25-8-7-24(14-15(25)2)9-11-27-18-6-5-17(23)12-16(18)13-19(21)22/h5-6,12,15,19H,3-4,7-11,13-14,23H2,1-2H3/t15-/m0/s1. The first-order valence-corrected chi connectivity index (χ1v) is 9.85. The predicted octanol–water partition coefficient (Wildman–Crippen LogP) is 3.40. The average molecular weight is 399 g/mol. The number of amides is 1. The van der Waals surface area contributed by atoms with Crippen LogP contribution in [0.2, 0.25) is 0 Å². The maximum Gasteiger partial charge on any atom is 0.410 e. The lowest BCUT2D eigenvalue weighted by Crippen LogP contribution is -2.54. The van der Waals surface area contributed by atoms with Gasteiger partial charge in [-0.25, -0.2) is 13.6 Å². The molecular formula is C20H31F2N3O3. The number of carbonyl (C=O) groups is 1. The van der Waals surface area contributed by atoms with E-state index in [1.807, 2.05) is 6.92 Å². The van der Waals surface area contributed by atoms with Crippen molar-refractivity contribution in [2.24, 2.45) is 0 Å². The van der Waals surface area contributed by atoms with Crippen LogP contribution in [-0.4, -0.2) is 67.8 Å². The summed E-state index contributed by atoms with van der Waals surface area (Å²) >= 11 is 0. The first-order chi connectivity index (χ1) is 13.4. The summed E-state index contributed by atoms with van der Waals surface area (Å²) in [6.45, 7) is 7.59. The van der Waals surface area contributed by atoms with Crippen LogP contribution >= 0.6 is 0 Å². The summed E-state index contributed by atoms with van der Waals surface area (Å²) in [6, 6.07) is 4.87. The van der Waals surface area contributed by atoms with Crippen molar-refractivity contribution in [3.63, 3.8) is 0 Å². The van der Waals surface area contributed by atoms with Crippen molar-refractivity contribution in [3.05, 3.63) is 23.8 Å². The van der Waals surface area contributed by atoms with Gasteiger partial charge in [0, 0.05) is 49.9 Å². The molecule has 28 heavy (non-hydrogen) atoms. The Kier molecular flexibility index (Phi) is 8.76. The molecule has 0 unspecified atom stereocenters. The van der Waals surface area contributed by atoms with Gasteiger partial charge in [0.2, 0.25) is 6.43 Å². The molecular weight excluding hydrogens is 368 g/mol. The first kappa shape index (κ1) is 22.2. The normalized spacial score (nSPS) is 17.8. The fourth-order valence-corrected chi connectivity index (χ4v) is 3.24. The van der Waals surface area contributed by atoms with Gasteiger partial charge in [0.25, 0.3) is 0 Å². The second kappa shape index (κ2) is 11.0. The second-order valence-electron chi connectivity index (χ2n) is 7.12. The van der Waals surface area contributed by atoms with Gasteiger partial charge in [0.15, 0.2) is 0 Å². The Morgan fingerprint density at radius 1 is 1.32 bits per heavy atom. The molecule has 1 aromatic carbocycles. The van der Waals surface area contributed by atoms with Crippen LogP contribution < -0.4 is 10.5 Å². The van der Waals surface area contributed by atoms with Gasteiger partial charge >= 0.3 is 6.09 Å². The maximum atomic E-state index is 12.7. The van der Waals surface area contributed by atoms with Gasteiger partial charge in [-0.1, -0.05) is 13.3 Å². The lowest BCUT2D eigenvalue weighted by Gasteiger charge is -2.39. The number of nitrogens with two attached hydrogens (primary N) is 1. The summed E-state index contributed by atoms with van der Waals surface area (Å²) in [6.07, 6.45) is -1.22. The molecule has 1 amide bonds. The third kappa shape index (κ3) is 6.82. The van der Waals surface area contributed by atoms with E-state index in [1.165, 1.54) is 6.07 Å². The highest BCUT2D eigenvalue weighted by Crippen LogP contribution is 2.24. The zero-order chi connectivity index (χ0) is 20.5. The molecule has 1 aromatic rings. The number of benzene rings is 1. The second-order valence-corrected chi connectivity index (χ2v) is 7.12. The van der Waals surface area contributed by atoms with Crippen molar-refractivity contribution in [1.82, 2.24) is 9.80 Å². The molecule has 0 aromatic heterocycles. The van der Waals surface area contributed by atoms with Crippen molar-refractivity contribution < 1.29 is 23.0 Å². The number of carbonyl (C=O) groups excluding carboxylic acids is 1. The molecule has 2 N–H and O–H groups in total. The van der Waals surface area contributed by atoms with Gasteiger partial charge < -0.3 is 20.1 Å². The summed E-state index contributed by atoms with van der Waals surface area (Å²) < 4.78 is 36.5. The molecule has 0 spiro atoms. The predicted molar refractivity (Wildman–Crippen MR) is 105 cm³/mol. The molecule has 6 nitrogen and oxygen atoms in total. The number of ether oxygens (including phenoxy) is 2. The van der Waals surface area contributed by atoms with E-state index in [0.717, 1.165) is 25.9 Å². The highest BCUT2D eigenvalue weighted by Gasteiger charge is 2.28. The quantitative estimate of drug-likeness (QED) is 0.509. The van der Waals surface area contributed by atoms with Crippen molar-refractivity contribution >= 4 is 11.8 Å². The van der Waals surface area contributed by atoms with Crippen LogP contribution in [0.4, 0.5) is 19.3 Å². The number of alkyl halides is 2. The van der Waals surface area contributed by atoms with E-state index >= 15 is 0 Å². The molecule has 2 rings (SSSR count). The first-order valence-electron chi connectivity index (χ1n) is 9.85. The topological polar surface area (TPSA) is 68.0 Å². The number of nitrogen functional groups attached to an aromatic ring is 1. The molecule has 0 saturated carbocycles. The third-order valence-electron chi connectivity index (χ3n) is 4.79. The van der Waals surface area contributed by atoms with Gasteiger partial charge in [0.05, 0.1) is 6.61 Å². The fraction of sp³-hybridized carbons (Fsp3) is 0.650. The smallest absolute Gasteiger partial charge is 0.410 e. The Morgan fingerprint density at radius 2 is 2.11 bits per heavy atom. The minimum atomic E-state index is -2.45. The number of rotatable bonds is 9. The van der Waals surface area contributed by atoms with Crippen LogP contribution in [0.25, 0.3) is 0 Å². The number of nitrogens with zero attached hydrogens (tertiary/aromatic N) is 2. The van der Waals surface area contributed by atoms with E-state index in [4.69, 9.17) is 15.2 Å². The Bertz CT molecular complexity index is 631. The SMILES string of the molecule is CCCCOC(=O)N1CCN(CCOc2ccc(N)cc2CC(F)F)C[C@@H]1C. The van der Waals surface area contributed by atoms with E-state index < -0.39 is 6.43 Å². The highest BCUT2D eigenvalue weighted by molar-refractivity contribution is 5.68. The van der Waals surface area contributed by atoms with Crippen molar-refractivity contribution in [3.8, 4) is 5.75 Å². The molecule has 0 radical (unpaired) electrons. The van der Waals surface area contributed by atoms with E-state index in [9.17, 15) is 13.6 Å². The van der Waals surface area contributed by atoms with Crippen LogP contribution in [0.3, 0.4) is 0 Å². The fourth-order valence-electron chi connectivity index (χ4n) is 3.24. The number of hydrogen-bond acceptors (Lipinski definition) is 5. The number of anilines is 1. The van der Waals surface area contributed by atoms with Gasteiger partial charge in [-0.3, -0.25) is 4.90 Å². The summed E-state index contributed by atoms with van der Waals surface area (Å²) in [4.78, 5) is 16.1. The van der Waals surface area contributed by atoms with E-state index in [-0.39, 0.29) is 18.6 Å². The largest absolute Gasteiger partial charge is 0.492 e. The van der Waals surface area contributed by atoms with Gasteiger partial charge in [-0.15, -0.1) is 0 Å². The lowest BCUT2D eigenvalue weighted by molar-refractivity contribution is 0.0473. The number of piperazine rings is 1. The van der Waals surface area contributed by atoms with E-state index in [0.29, 0.717) is 43.3 Å². The van der Waals surface area contributed by atoms with Gasteiger partial charge in [-0.2, -0.15) is 0 Å². The van der Waals surface area contributed by atoms with E-state index in [2.05, 4.69) is 11.8 Å². The number of hydrogen-bond donors (Lipinski definition) is 1. The molecule has 1 aliphatic heterocycles. The third-order valence-corrected chi connectivity index (χ3v) is 4.79. The summed E-state index contributed by atoms with van der Waals surface area (Å²) in [7, 11) is 0. The van der Waals surface area contributed by atoms with Crippen molar-refractivity contribution in [2.45, 2.75) is 45.6 Å². The zero-order valence-electron chi connectivity index (χ0n) is 16.7. The van der Waals surface area contributed by atoms with Crippen molar-refractivity contribution in [1.29, 1.82) is 0 Å². The van der Waals surface area contributed by atoms with Crippen LogP contribution in [0, 0.1) is 0 Å². The van der Waals surface area contributed by atoms with E-state index in [1.54, 1.807) is 17.0 Å². The van der Waals surface area contributed by atoms with Crippen LogP contribution in [0.5, 0.6) is 5.75 Å². The van der Waals surface area contributed by atoms with Gasteiger partial charge in [0.1, 0.15) is 12.4 Å². The lowest BCUT2D eigenvalue weighted by atomic mass is 10.1. The molecule has 1 saturated heterocycles. The van der Waals surface area contributed by atoms with Crippen molar-refractivity contribution in [2.75, 3.05) is 45.1 Å². The summed E-state index contributed by atoms with van der Waals surface area (Å²) in [5.41, 5.74) is 6.55. The Balaban J connectivity index is 1.78. The molecule has 1 aliphatic rings. The molecule has 1 atom stereocenters. The molecule has 1 fully saturated rings. The van der Waals surface area contributed by atoms with Crippen LogP contribution in [-0.2, 0) is 11.2 Å². The monoisotopic (exact) mass is 399 g/mol. The Hall–Kier alpha value is -2.09. The molecule has 158 valence electrons. The maximum absolute atomic E-state index is 12.7. The zero-order valence-corrected chi connectivity index (χ0v) is 16.7. The van der Waals surface area contributed by atoms with Gasteiger partial charge in [-0.05, 0) is 31.5 Å². The highest BCUT2D eigenvalue weighted by atomic mass is 19.3. The minimum absolute atomic E-state index is 0.0498.